The van der Waals surface area contributed by atoms with E-state index in [2.05, 4.69) is 0 Å². The molecule has 0 aromatic heterocycles. The molecule has 16 heavy (non-hydrogen) atoms. The number of hydrogen-bond donors (Lipinski definition) is 4. The van der Waals surface area contributed by atoms with Crippen LogP contribution in [0.15, 0.2) is 24.3 Å². The fraction of sp³-hybridized carbons (Fsp3) is 0. The number of nitro benzene ring substituents is 1. The maximum atomic E-state index is 10.0. The molecule has 86 valence electrons. The fourth-order valence-electron chi connectivity index (χ4n) is 0.574. The van der Waals surface area contributed by atoms with Crippen molar-refractivity contribution >= 4 is 13.5 Å². The van der Waals surface area contributed by atoms with Crippen LogP contribution in [-0.4, -0.2) is 24.7 Å². The second-order valence-electron chi connectivity index (χ2n) is 2.29. The summed E-state index contributed by atoms with van der Waals surface area (Å²) in [5.41, 5.74) is -0.0159. The van der Waals surface area contributed by atoms with Crippen LogP contribution in [0.2, 0.25) is 0 Å². The number of aromatic hydroxyl groups is 1. The van der Waals surface area contributed by atoms with Crippen molar-refractivity contribution in [2.45, 2.75) is 0 Å². The summed E-state index contributed by atoms with van der Waals surface area (Å²) in [4.78, 5) is 31.1. The second kappa shape index (κ2) is 7.75. The first-order valence-electron chi connectivity index (χ1n) is 3.42. The smallest absolute Gasteiger partial charge is 1.00 e. The molecule has 0 saturated carbocycles. The van der Waals surface area contributed by atoms with Gasteiger partial charge in [0.1, 0.15) is 5.75 Å². The normalized spacial score (nSPS) is 9.44. The van der Waals surface area contributed by atoms with Crippen molar-refractivity contribution in [3.63, 3.8) is 0 Å². The van der Waals surface area contributed by atoms with Crippen LogP contribution in [0.3, 0.4) is 0 Å². The summed E-state index contributed by atoms with van der Waals surface area (Å²) in [5.74, 6) is 0.0330. The molecule has 4 N–H and O–H groups in total. The van der Waals surface area contributed by atoms with E-state index in [0.29, 0.717) is 0 Å². The third kappa shape index (κ3) is 11.6. The summed E-state index contributed by atoms with van der Waals surface area (Å²) in [5, 5.41) is 18.8. The van der Waals surface area contributed by atoms with Crippen LogP contribution in [0, 0.1) is 10.1 Å². The summed E-state index contributed by atoms with van der Waals surface area (Å²) in [7, 11) is -4.64. The Hall–Kier alpha value is -0.470. The van der Waals surface area contributed by atoms with E-state index in [1.165, 1.54) is 24.3 Å². The van der Waals surface area contributed by atoms with Gasteiger partial charge in [0.05, 0.1) is 4.92 Å². The molecule has 1 aromatic rings. The Balaban J connectivity index is -0.000000247. The Labute approximate surface area is 114 Å². The molecule has 0 atom stereocenters. The van der Waals surface area contributed by atoms with Crippen molar-refractivity contribution in [2.75, 3.05) is 0 Å². The van der Waals surface area contributed by atoms with Crippen LogP contribution in [0.1, 0.15) is 1.43 Å². The van der Waals surface area contributed by atoms with E-state index in [9.17, 15) is 10.1 Å². The standard InChI is InChI=1S/C6H5NO3.Na.H3O4P.H/c8-6-3-1-5(2-4-6)7(9)10;;1-5(2,3)4;/h1-4,8H;;(H3,1,2,3,4);/q;+1;;-1. The Morgan fingerprint density at radius 2 is 1.50 bits per heavy atom. The Morgan fingerprint density at radius 3 is 1.75 bits per heavy atom. The first-order chi connectivity index (χ1) is 6.70. The van der Waals surface area contributed by atoms with Crippen molar-refractivity contribution in [2.24, 2.45) is 0 Å². The zero-order valence-electron chi connectivity index (χ0n) is 9.22. The van der Waals surface area contributed by atoms with E-state index in [0.717, 1.165) is 0 Å². The van der Waals surface area contributed by atoms with Gasteiger partial charge in [-0.05, 0) is 12.1 Å². The summed E-state index contributed by atoms with van der Waals surface area (Å²) < 4.78 is 8.88. The topological polar surface area (TPSA) is 141 Å². The van der Waals surface area contributed by atoms with Gasteiger partial charge in [-0.3, -0.25) is 10.1 Å². The van der Waals surface area contributed by atoms with Gasteiger partial charge in [-0.15, -0.1) is 0 Å². The molecule has 0 aliphatic heterocycles. The first-order valence-corrected chi connectivity index (χ1v) is 4.98. The van der Waals surface area contributed by atoms with Gasteiger partial charge in [0.25, 0.3) is 5.69 Å². The molecule has 0 unspecified atom stereocenters. The van der Waals surface area contributed by atoms with Crippen molar-refractivity contribution in [1.29, 1.82) is 0 Å². The number of nitro groups is 1. The number of benzene rings is 1. The number of hydrogen-bond acceptors (Lipinski definition) is 4. The van der Waals surface area contributed by atoms with Crippen molar-refractivity contribution in [3.8, 4) is 5.75 Å². The van der Waals surface area contributed by atoms with Gasteiger partial charge in [0.2, 0.25) is 0 Å². The molecule has 0 heterocycles. The molecule has 0 saturated heterocycles. The van der Waals surface area contributed by atoms with E-state index >= 15 is 0 Å². The molecule has 1 aromatic carbocycles. The Morgan fingerprint density at radius 1 is 1.19 bits per heavy atom. The molecule has 8 nitrogen and oxygen atoms in total. The van der Waals surface area contributed by atoms with E-state index < -0.39 is 12.7 Å². The molecule has 1 rings (SSSR count). The van der Waals surface area contributed by atoms with E-state index in [-0.39, 0.29) is 42.4 Å². The van der Waals surface area contributed by atoms with Gasteiger partial charge in [0, 0.05) is 12.1 Å². The van der Waals surface area contributed by atoms with Gasteiger partial charge in [-0.2, -0.15) is 0 Å². The fourth-order valence-corrected chi connectivity index (χ4v) is 0.574. The number of non-ortho nitro benzene ring substituents is 1. The summed E-state index contributed by atoms with van der Waals surface area (Å²) >= 11 is 0. The number of nitrogens with zero attached hydrogens (tertiary/aromatic N) is 1. The number of rotatable bonds is 1. The Bertz CT molecular complexity index is 372. The number of phenolic OH excluding ortho intramolecular Hbond substituents is 1. The minimum absolute atomic E-state index is 0. The van der Waals surface area contributed by atoms with Crippen LogP contribution in [0.4, 0.5) is 5.69 Å². The maximum absolute atomic E-state index is 10.0. The van der Waals surface area contributed by atoms with Crippen molar-refractivity contribution < 1.29 is 60.3 Å². The second-order valence-corrected chi connectivity index (χ2v) is 3.31. The number of phenols is 1. The zero-order valence-corrected chi connectivity index (χ0v) is 11.1. The van der Waals surface area contributed by atoms with Gasteiger partial charge in [-0.1, -0.05) is 0 Å². The molecule has 0 aliphatic rings. The van der Waals surface area contributed by atoms with Crippen LogP contribution < -0.4 is 29.6 Å². The first kappa shape index (κ1) is 17.9. The van der Waals surface area contributed by atoms with Crippen LogP contribution in [-0.2, 0) is 4.57 Å². The third-order valence-corrected chi connectivity index (χ3v) is 1.06. The summed E-state index contributed by atoms with van der Waals surface area (Å²) in [6.07, 6.45) is 0. The number of phosphoric acid groups is 1. The average Bonchev–Trinajstić information content (AvgIpc) is 2.01. The van der Waals surface area contributed by atoms with Gasteiger partial charge >= 0.3 is 37.4 Å². The van der Waals surface area contributed by atoms with Crippen LogP contribution in [0.25, 0.3) is 0 Å². The Kier molecular flexibility index (Phi) is 8.67. The summed E-state index contributed by atoms with van der Waals surface area (Å²) in [6.45, 7) is 0. The molecule has 10 heteroatoms. The molecule has 0 fully saturated rings. The van der Waals surface area contributed by atoms with Gasteiger partial charge < -0.3 is 21.2 Å². The quantitative estimate of drug-likeness (QED) is 0.189. The minimum atomic E-state index is -4.64. The molecule has 0 spiro atoms. The minimum Gasteiger partial charge on any atom is -1.00 e. The SMILES string of the molecule is O=P(O)(O)O.O=[N+]([O-])c1ccc(O)cc1.[H-].[Na+]. The molecule has 0 bridgehead atoms. The monoisotopic (exact) mass is 261 g/mol. The van der Waals surface area contributed by atoms with Crippen molar-refractivity contribution in [3.05, 3.63) is 34.4 Å². The molecule has 0 aliphatic carbocycles. The van der Waals surface area contributed by atoms with E-state index in [4.69, 9.17) is 24.4 Å². The van der Waals surface area contributed by atoms with Crippen LogP contribution in [0.5, 0.6) is 5.75 Å². The molecule has 0 radical (unpaired) electrons. The van der Waals surface area contributed by atoms with Crippen LogP contribution >= 0.6 is 7.82 Å². The average molecular weight is 261 g/mol. The maximum Gasteiger partial charge on any atom is 1.00 e. The largest absolute Gasteiger partial charge is 1.00 e. The predicted octanol–water partition coefficient (Wildman–Crippen LogP) is -2.51. The zero-order chi connectivity index (χ0) is 12.1. The molecular formula is C6H9NNaO7P. The van der Waals surface area contributed by atoms with Gasteiger partial charge in [0.15, 0.2) is 0 Å². The van der Waals surface area contributed by atoms with E-state index in [1.54, 1.807) is 0 Å². The predicted molar refractivity (Wildman–Crippen MR) is 50.1 cm³/mol. The van der Waals surface area contributed by atoms with Crippen molar-refractivity contribution in [1.82, 2.24) is 0 Å². The summed E-state index contributed by atoms with van der Waals surface area (Å²) in [6, 6.07) is 5.04. The van der Waals surface area contributed by atoms with Gasteiger partial charge in [-0.25, -0.2) is 4.57 Å². The molecule has 0 amide bonds. The molecular weight excluding hydrogens is 252 g/mol. The third-order valence-electron chi connectivity index (χ3n) is 1.06. The van der Waals surface area contributed by atoms with E-state index in [1.807, 2.05) is 0 Å².